The van der Waals surface area contributed by atoms with E-state index in [9.17, 15) is 22.8 Å². The molecule has 1 fully saturated rings. The summed E-state index contributed by atoms with van der Waals surface area (Å²) in [6.45, 7) is 3.47. The number of hydrogen-bond acceptors (Lipinski definition) is 5. The summed E-state index contributed by atoms with van der Waals surface area (Å²) in [5.41, 5.74) is 1.88. The van der Waals surface area contributed by atoms with Gasteiger partial charge in [-0.1, -0.05) is 0 Å². The van der Waals surface area contributed by atoms with Crippen molar-refractivity contribution in [2.75, 3.05) is 41.7 Å². The molecule has 3 heterocycles. The number of alkyl halides is 3. The average Bonchev–Trinajstić information content (AvgIpc) is 2.77. The van der Waals surface area contributed by atoms with Gasteiger partial charge in [-0.3, -0.25) is 9.59 Å². The second kappa shape index (κ2) is 8.68. The van der Waals surface area contributed by atoms with Gasteiger partial charge >= 0.3 is 6.18 Å². The van der Waals surface area contributed by atoms with Crippen LogP contribution >= 0.6 is 0 Å². The number of piperazine rings is 1. The van der Waals surface area contributed by atoms with Crippen molar-refractivity contribution in [3.8, 4) is 0 Å². The van der Waals surface area contributed by atoms with Crippen LogP contribution in [0, 0.1) is 0 Å². The van der Waals surface area contributed by atoms with Gasteiger partial charge < -0.3 is 20.4 Å². The molecule has 10 heteroatoms. The summed E-state index contributed by atoms with van der Waals surface area (Å²) in [7, 11) is 0. The lowest BCUT2D eigenvalue weighted by Crippen LogP contribution is -2.55. The number of hydrogen-bond donors (Lipinski definition) is 2. The molecule has 1 aromatic carbocycles. The first-order valence-corrected chi connectivity index (χ1v) is 10.4. The maximum atomic E-state index is 12.8. The van der Waals surface area contributed by atoms with Crippen LogP contribution in [0.15, 0.2) is 36.5 Å². The summed E-state index contributed by atoms with van der Waals surface area (Å²) >= 11 is 0. The Bertz CT molecular complexity index is 1010. The SMILES string of the molecule is C[C@@H]1CN(C(=O)CNc2ccc3c(c2)CCC(=O)N3)CCN1c1ccc(C(F)(F)F)cn1. The molecule has 1 atom stereocenters. The Morgan fingerprint density at radius 2 is 2.03 bits per heavy atom. The highest BCUT2D eigenvalue weighted by atomic mass is 19.4. The predicted molar refractivity (Wildman–Crippen MR) is 115 cm³/mol. The third kappa shape index (κ3) is 4.79. The maximum Gasteiger partial charge on any atom is 0.417 e. The Labute approximate surface area is 183 Å². The van der Waals surface area contributed by atoms with Gasteiger partial charge in [-0.15, -0.1) is 0 Å². The number of anilines is 3. The van der Waals surface area contributed by atoms with Gasteiger partial charge in [-0.05, 0) is 49.2 Å². The zero-order valence-electron chi connectivity index (χ0n) is 17.6. The van der Waals surface area contributed by atoms with E-state index in [0.29, 0.717) is 38.3 Å². The Kier molecular flexibility index (Phi) is 5.94. The van der Waals surface area contributed by atoms with E-state index in [1.807, 2.05) is 30.0 Å². The standard InChI is InChI=1S/C22H24F3N5O2/c1-14-13-29(8-9-30(14)19-6-3-16(11-27-19)22(23,24)25)21(32)12-26-17-4-5-18-15(10-17)2-7-20(31)28-18/h3-6,10-11,14,26H,2,7-9,12-13H2,1H3,(H,28,31)/t14-/m1/s1. The molecule has 0 saturated carbocycles. The van der Waals surface area contributed by atoms with Crippen molar-refractivity contribution in [2.24, 2.45) is 0 Å². The molecule has 32 heavy (non-hydrogen) atoms. The fourth-order valence-corrected chi connectivity index (χ4v) is 4.03. The molecule has 2 aliphatic heterocycles. The summed E-state index contributed by atoms with van der Waals surface area (Å²) in [5.74, 6) is 0.424. The van der Waals surface area contributed by atoms with Crippen LogP contribution in [-0.2, 0) is 22.2 Å². The number of pyridine rings is 1. The summed E-state index contributed by atoms with van der Waals surface area (Å²) in [5, 5.41) is 5.97. The van der Waals surface area contributed by atoms with Crippen LogP contribution in [-0.4, -0.2) is 53.9 Å². The monoisotopic (exact) mass is 447 g/mol. The maximum absolute atomic E-state index is 12.8. The van der Waals surface area contributed by atoms with E-state index in [1.165, 1.54) is 6.07 Å². The number of aromatic nitrogens is 1. The average molecular weight is 447 g/mol. The van der Waals surface area contributed by atoms with Crippen LogP contribution in [0.4, 0.5) is 30.4 Å². The van der Waals surface area contributed by atoms with E-state index in [0.717, 1.165) is 29.2 Å². The first kappa shape index (κ1) is 21.9. The molecule has 0 spiro atoms. The minimum absolute atomic E-state index is 0.00754. The molecular weight excluding hydrogens is 423 g/mol. The highest BCUT2D eigenvalue weighted by molar-refractivity contribution is 5.94. The molecule has 0 unspecified atom stereocenters. The molecule has 170 valence electrons. The van der Waals surface area contributed by atoms with Gasteiger partial charge in [0.05, 0.1) is 12.1 Å². The molecule has 4 rings (SSSR count). The smallest absolute Gasteiger partial charge is 0.376 e. The van der Waals surface area contributed by atoms with Gasteiger partial charge in [0, 0.05) is 49.7 Å². The molecule has 2 aliphatic rings. The lowest BCUT2D eigenvalue weighted by molar-refractivity contribution is -0.137. The number of amides is 2. The van der Waals surface area contributed by atoms with Crippen LogP contribution in [0.5, 0.6) is 0 Å². The van der Waals surface area contributed by atoms with Crippen LogP contribution in [0.2, 0.25) is 0 Å². The fourth-order valence-electron chi connectivity index (χ4n) is 4.03. The van der Waals surface area contributed by atoms with E-state index in [1.54, 1.807) is 4.90 Å². The lowest BCUT2D eigenvalue weighted by atomic mass is 10.0. The molecular formula is C22H24F3N5O2. The molecule has 2 aromatic rings. The normalized spacial score (nSPS) is 18.8. The van der Waals surface area contributed by atoms with Gasteiger partial charge in [-0.25, -0.2) is 4.98 Å². The van der Waals surface area contributed by atoms with Crippen molar-refractivity contribution in [3.63, 3.8) is 0 Å². The van der Waals surface area contributed by atoms with E-state index < -0.39 is 11.7 Å². The third-order valence-electron chi connectivity index (χ3n) is 5.79. The number of carbonyl (C=O) groups is 2. The van der Waals surface area contributed by atoms with Crippen molar-refractivity contribution >= 4 is 29.0 Å². The number of halogens is 3. The van der Waals surface area contributed by atoms with Crippen molar-refractivity contribution in [1.29, 1.82) is 0 Å². The van der Waals surface area contributed by atoms with E-state index in [-0.39, 0.29) is 24.4 Å². The minimum atomic E-state index is -4.42. The highest BCUT2D eigenvalue weighted by Crippen LogP contribution is 2.30. The van der Waals surface area contributed by atoms with E-state index >= 15 is 0 Å². The molecule has 7 nitrogen and oxygen atoms in total. The van der Waals surface area contributed by atoms with E-state index in [4.69, 9.17) is 0 Å². The molecule has 2 N–H and O–H groups in total. The molecule has 0 bridgehead atoms. The molecule has 1 aromatic heterocycles. The summed E-state index contributed by atoms with van der Waals surface area (Å²) in [6, 6.07) is 7.92. The Morgan fingerprint density at radius 3 is 2.72 bits per heavy atom. The number of carbonyl (C=O) groups excluding carboxylic acids is 2. The van der Waals surface area contributed by atoms with Crippen LogP contribution < -0.4 is 15.5 Å². The van der Waals surface area contributed by atoms with Crippen molar-refractivity contribution < 1.29 is 22.8 Å². The largest absolute Gasteiger partial charge is 0.417 e. The van der Waals surface area contributed by atoms with Gasteiger partial charge in [-0.2, -0.15) is 13.2 Å². The Hall–Kier alpha value is -3.30. The topological polar surface area (TPSA) is 77.6 Å². The fraction of sp³-hybridized carbons (Fsp3) is 0.409. The zero-order chi connectivity index (χ0) is 22.9. The second-order valence-corrected chi connectivity index (χ2v) is 8.06. The third-order valence-corrected chi connectivity index (χ3v) is 5.79. The molecule has 0 aliphatic carbocycles. The molecule has 1 saturated heterocycles. The first-order chi connectivity index (χ1) is 15.2. The number of nitrogens with one attached hydrogen (secondary N) is 2. The minimum Gasteiger partial charge on any atom is -0.376 e. The van der Waals surface area contributed by atoms with Gasteiger partial charge in [0.15, 0.2) is 0 Å². The van der Waals surface area contributed by atoms with Crippen LogP contribution in [0.25, 0.3) is 0 Å². The number of rotatable bonds is 4. The van der Waals surface area contributed by atoms with Crippen molar-refractivity contribution in [2.45, 2.75) is 32.0 Å². The van der Waals surface area contributed by atoms with E-state index in [2.05, 4.69) is 15.6 Å². The highest BCUT2D eigenvalue weighted by Gasteiger charge is 2.32. The van der Waals surface area contributed by atoms with Crippen molar-refractivity contribution in [1.82, 2.24) is 9.88 Å². The van der Waals surface area contributed by atoms with Crippen molar-refractivity contribution in [3.05, 3.63) is 47.7 Å². The predicted octanol–water partition coefficient (Wildman–Crippen LogP) is 3.13. The van der Waals surface area contributed by atoms with Crippen LogP contribution in [0.1, 0.15) is 24.5 Å². The summed E-state index contributed by atoms with van der Waals surface area (Å²) in [6.07, 6.45) is -2.46. The van der Waals surface area contributed by atoms with Gasteiger partial charge in [0.1, 0.15) is 5.82 Å². The lowest BCUT2D eigenvalue weighted by Gasteiger charge is -2.40. The summed E-state index contributed by atoms with van der Waals surface area (Å²) in [4.78, 5) is 31.8. The van der Waals surface area contributed by atoms with Crippen LogP contribution in [0.3, 0.4) is 0 Å². The number of aryl methyl sites for hydroxylation is 1. The number of nitrogens with zero attached hydrogens (tertiary/aromatic N) is 3. The summed E-state index contributed by atoms with van der Waals surface area (Å²) < 4.78 is 38.3. The quantitative estimate of drug-likeness (QED) is 0.753. The number of benzene rings is 1. The van der Waals surface area contributed by atoms with Gasteiger partial charge in [0.25, 0.3) is 0 Å². The first-order valence-electron chi connectivity index (χ1n) is 10.4. The second-order valence-electron chi connectivity index (χ2n) is 8.06. The zero-order valence-corrected chi connectivity index (χ0v) is 17.6. The Balaban J connectivity index is 1.31. The Morgan fingerprint density at radius 1 is 1.22 bits per heavy atom. The molecule has 0 radical (unpaired) electrons. The number of fused-ring (bicyclic) bond motifs is 1. The molecule has 2 amide bonds. The van der Waals surface area contributed by atoms with Gasteiger partial charge in [0.2, 0.25) is 11.8 Å².